The topological polar surface area (TPSA) is 69.9 Å². The first-order valence-corrected chi connectivity index (χ1v) is 7.51. The van der Waals surface area contributed by atoms with Gasteiger partial charge in [-0.3, -0.25) is 4.79 Å². The average molecular weight is 307 g/mol. The molecule has 1 aromatic heterocycles. The summed E-state index contributed by atoms with van der Waals surface area (Å²) in [5.41, 5.74) is 2.50. The number of aromatic nitrogens is 2. The molecule has 114 valence electrons. The van der Waals surface area contributed by atoms with Crippen LogP contribution in [0.3, 0.4) is 0 Å². The van der Waals surface area contributed by atoms with E-state index in [4.69, 9.17) is 17.0 Å². The van der Waals surface area contributed by atoms with Crippen LogP contribution in [0.2, 0.25) is 0 Å². The first-order valence-electron chi connectivity index (χ1n) is 7.10. The number of carbonyl (C=O) groups excluding carboxylic acids is 1. The van der Waals surface area contributed by atoms with Crippen LogP contribution in [0.25, 0.3) is 11.0 Å². The second kappa shape index (κ2) is 6.87. The molecule has 1 amide bonds. The van der Waals surface area contributed by atoms with Crippen LogP contribution < -0.4 is 5.32 Å². The van der Waals surface area contributed by atoms with Crippen LogP contribution in [0.1, 0.15) is 27.2 Å². The van der Waals surface area contributed by atoms with Crippen molar-refractivity contribution in [3.8, 4) is 0 Å². The van der Waals surface area contributed by atoms with Gasteiger partial charge in [0.05, 0.1) is 11.0 Å². The van der Waals surface area contributed by atoms with Crippen molar-refractivity contribution in [3.63, 3.8) is 0 Å². The number of amides is 1. The van der Waals surface area contributed by atoms with Crippen molar-refractivity contribution in [2.45, 2.75) is 33.3 Å². The lowest BCUT2D eigenvalue weighted by atomic mass is 10.1. The number of anilines is 1. The average Bonchev–Trinajstić information content (AvgIpc) is 2.77. The van der Waals surface area contributed by atoms with E-state index in [0.29, 0.717) is 17.3 Å². The Labute approximate surface area is 129 Å². The highest BCUT2D eigenvalue weighted by molar-refractivity contribution is 7.71. The Hall–Kier alpha value is -1.66. The fraction of sp³-hybridized carbons (Fsp3) is 0.467. The third-order valence-electron chi connectivity index (χ3n) is 3.22. The van der Waals surface area contributed by atoms with E-state index < -0.39 is 6.10 Å². The molecule has 1 heterocycles. The molecule has 2 rings (SSSR count). The number of rotatable bonds is 6. The first kappa shape index (κ1) is 15.7. The van der Waals surface area contributed by atoms with Gasteiger partial charge in [0, 0.05) is 12.3 Å². The van der Waals surface area contributed by atoms with Gasteiger partial charge >= 0.3 is 0 Å². The van der Waals surface area contributed by atoms with Crippen LogP contribution in [0.15, 0.2) is 18.2 Å². The largest absolute Gasteiger partial charge is 0.369 e. The quantitative estimate of drug-likeness (QED) is 0.714. The molecule has 0 aliphatic carbocycles. The summed E-state index contributed by atoms with van der Waals surface area (Å²) in [4.78, 5) is 18.1. The number of H-pyrrole nitrogens is 2. The molecule has 0 radical (unpaired) electrons. The van der Waals surface area contributed by atoms with E-state index in [1.807, 2.05) is 18.2 Å². The number of nitrogens with one attached hydrogen (secondary N) is 3. The van der Waals surface area contributed by atoms with Gasteiger partial charge in [-0.15, -0.1) is 0 Å². The van der Waals surface area contributed by atoms with Crippen molar-refractivity contribution in [2.24, 2.45) is 5.92 Å². The molecule has 1 aromatic carbocycles. The predicted octanol–water partition coefficient (Wildman–Crippen LogP) is 3.62. The van der Waals surface area contributed by atoms with E-state index in [9.17, 15) is 4.79 Å². The number of benzene rings is 1. The van der Waals surface area contributed by atoms with Gasteiger partial charge in [0.2, 0.25) is 0 Å². The van der Waals surface area contributed by atoms with Crippen molar-refractivity contribution in [1.82, 2.24) is 9.97 Å². The molecule has 1 atom stereocenters. The monoisotopic (exact) mass is 307 g/mol. The molecule has 6 heteroatoms. The summed E-state index contributed by atoms with van der Waals surface area (Å²) < 4.78 is 6.10. The SMILES string of the molecule is CC(C)CCO[C@@H](C)C(=O)Nc1ccc2[nH]c(=S)[nH]c2c1. The van der Waals surface area contributed by atoms with Crippen LogP contribution in [0, 0.1) is 10.7 Å². The number of ether oxygens (including phenoxy) is 1. The first-order chi connectivity index (χ1) is 9.95. The highest BCUT2D eigenvalue weighted by Gasteiger charge is 2.14. The fourth-order valence-electron chi connectivity index (χ4n) is 1.91. The smallest absolute Gasteiger partial charge is 0.253 e. The number of hydrogen-bond donors (Lipinski definition) is 3. The molecule has 21 heavy (non-hydrogen) atoms. The molecule has 0 saturated carbocycles. The number of imidazole rings is 1. The number of fused-ring (bicyclic) bond motifs is 1. The van der Waals surface area contributed by atoms with E-state index in [-0.39, 0.29) is 5.91 Å². The number of carbonyl (C=O) groups is 1. The minimum absolute atomic E-state index is 0.146. The summed E-state index contributed by atoms with van der Waals surface area (Å²) in [5, 5.41) is 2.85. The fourth-order valence-corrected chi connectivity index (χ4v) is 2.13. The van der Waals surface area contributed by atoms with Gasteiger partial charge in [-0.2, -0.15) is 0 Å². The van der Waals surface area contributed by atoms with Crippen LogP contribution >= 0.6 is 12.2 Å². The van der Waals surface area contributed by atoms with Crippen molar-refractivity contribution < 1.29 is 9.53 Å². The summed E-state index contributed by atoms with van der Waals surface area (Å²) in [5.74, 6) is 0.423. The van der Waals surface area contributed by atoms with Crippen molar-refractivity contribution >= 4 is 34.8 Å². The van der Waals surface area contributed by atoms with Crippen LogP contribution in [-0.2, 0) is 9.53 Å². The molecule has 0 saturated heterocycles. The second-order valence-corrected chi connectivity index (χ2v) is 5.93. The maximum absolute atomic E-state index is 12.1. The lowest BCUT2D eigenvalue weighted by Gasteiger charge is -2.14. The normalized spacial score (nSPS) is 12.8. The summed E-state index contributed by atoms with van der Waals surface area (Å²) in [6, 6.07) is 5.56. The molecule has 0 unspecified atom stereocenters. The predicted molar refractivity (Wildman–Crippen MR) is 87.0 cm³/mol. The Morgan fingerprint density at radius 2 is 2.00 bits per heavy atom. The van der Waals surface area contributed by atoms with E-state index >= 15 is 0 Å². The van der Waals surface area contributed by atoms with Gasteiger partial charge < -0.3 is 20.0 Å². The number of aromatic amines is 2. The molecular formula is C15H21N3O2S. The van der Waals surface area contributed by atoms with E-state index in [0.717, 1.165) is 23.1 Å². The Morgan fingerprint density at radius 1 is 1.29 bits per heavy atom. The van der Waals surface area contributed by atoms with Gasteiger partial charge in [0.25, 0.3) is 5.91 Å². The molecule has 0 bridgehead atoms. The molecule has 0 aliphatic heterocycles. The Balaban J connectivity index is 1.95. The standard InChI is InChI=1S/C15H21N3O2S/c1-9(2)6-7-20-10(3)14(19)16-11-4-5-12-13(8-11)18-15(21)17-12/h4-5,8-10H,6-7H2,1-3H3,(H,16,19)(H2,17,18,21)/t10-/m0/s1. The van der Waals surface area contributed by atoms with Crippen LogP contribution in [0.5, 0.6) is 0 Å². The molecule has 5 nitrogen and oxygen atoms in total. The number of hydrogen-bond acceptors (Lipinski definition) is 3. The highest BCUT2D eigenvalue weighted by atomic mass is 32.1. The summed E-state index contributed by atoms with van der Waals surface area (Å²) in [6.07, 6.45) is 0.480. The Bertz CT molecular complexity index is 675. The minimum atomic E-state index is -0.468. The Morgan fingerprint density at radius 3 is 2.71 bits per heavy atom. The van der Waals surface area contributed by atoms with Crippen molar-refractivity contribution in [2.75, 3.05) is 11.9 Å². The lowest BCUT2D eigenvalue weighted by Crippen LogP contribution is -2.28. The summed E-state index contributed by atoms with van der Waals surface area (Å²) in [7, 11) is 0. The summed E-state index contributed by atoms with van der Waals surface area (Å²) >= 11 is 5.04. The zero-order valence-electron chi connectivity index (χ0n) is 12.5. The summed E-state index contributed by atoms with van der Waals surface area (Å²) in [6.45, 7) is 6.61. The van der Waals surface area contributed by atoms with Gasteiger partial charge in [0.15, 0.2) is 4.77 Å². The maximum Gasteiger partial charge on any atom is 0.253 e. The molecule has 0 fully saturated rings. The van der Waals surface area contributed by atoms with Crippen molar-refractivity contribution in [3.05, 3.63) is 23.0 Å². The molecule has 0 aliphatic rings. The minimum Gasteiger partial charge on any atom is -0.369 e. The lowest BCUT2D eigenvalue weighted by molar-refractivity contribution is -0.126. The zero-order chi connectivity index (χ0) is 15.4. The maximum atomic E-state index is 12.1. The van der Waals surface area contributed by atoms with E-state index in [2.05, 4.69) is 29.1 Å². The molecular weight excluding hydrogens is 286 g/mol. The second-order valence-electron chi connectivity index (χ2n) is 5.52. The van der Waals surface area contributed by atoms with Crippen LogP contribution in [0.4, 0.5) is 5.69 Å². The zero-order valence-corrected chi connectivity index (χ0v) is 13.3. The third-order valence-corrected chi connectivity index (χ3v) is 3.42. The van der Waals surface area contributed by atoms with Crippen molar-refractivity contribution in [1.29, 1.82) is 0 Å². The third kappa shape index (κ3) is 4.41. The van der Waals surface area contributed by atoms with Gasteiger partial charge in [0.1, 0.15) is 6.10 Å². The van der Waals surface area contributed by atoms with E-state index in [1.165, 1.54) is 0 Å². The van der Waals surface area contributed by atoms with Gasteiger partial charge in [-0.1, -0.05) is 13.8 Å². The van der Waals surface area contributed by atoms with Gasteiger partial charge in [-0.05, 0) is 49.7 Å². The molecule has 0 spiro atoms. The van der Waals surface area contributed by atoms with E-state index in [1.54, 1.807) is 6.92 Å². The molecule has 2 aromatic rings. The molecule has 3 N–H and O–H groups in total. The van der Waals surface area contributed by atoms with Crippen LogP contribution in [-0.4, -0.2) is 28.6 Å². The highest BCUT2D eigenvalue weighted by Crippen LogP contribution is 2.16. The van der Waals surface area contributed by atoms with Gasteiger partial charge in [-0.25, -0.2) is 0 Å². The Kier molecular flexibility index (Phi) is 5.14.